The lowest BCUT2D eigenvalue weighted by Gasteiger charge is -2.25. The summed E-state index contributed by atoms with van der Waals surface area (Å²) in [6.07, 6.45) is 1.19. The lowest BCUT2D eigenvalue weighted by molar-refractivity contribution is -0.145. The van der Waals surface area contributed by atoms with Crippen LogP contribution in [0, 0.1) is 6.92 Å². The first-order valence-electron chi connectivity index (χ1n) is 6.76. The number of nitrogens with zero attached hydrogens (tertiary/aromatic N) is 2. The van der Waals surface area contributed by atoms with Gasteiger partial charge in [0, 0.05) is 23.4 Å². The summed E-state index contributed by atoms with van der Waals surface area (Å²) in [4.78, 5) is 31.4. The van der Waals surface area contributed by atoms with Gasteiger partial charge in [-0.05, 0) is 20.8 Å². The molecule has 1 saturated heterocycles. The van der Waals surface area contributed by atoms with Gasteiger partial charge >= 0.3 is 0 Å². The molecule has 1 aliphatic heterocycles. The molecule has 2 amide bonds. The minimum absolute atomic E-state index is 0.141. The van der Waals surface area contributed by atoms with E-state index >= 15 is 0 Å². The number of ether oxygens (including phenoxy) is 1. The molecule has 2 atom stereocenters. The second-order valence-electron chi connectivity index (χ2n) is 4.69. The van der Waals surface area contributed by atoms with Crippen molar-refractivity contribution in [3.63, 3.8) is 0 Å². The van der Waals surface area contributed by atoms with Gasteiger partial charge in [-0.15, -0.1) is 23.1 Å². The average Bonchev–Trinajstić information content (AvgIpc) is 3.07. The Hall–Kier alpha value is -1.12. The first kappa shape index (κ1) is 16.3. The molecule has 0 aromatic carbocycles. The van der Waals surface area contributed by atoms with Gasteiger partial charge in [0.1, 0.15) is 12.1 Å². The summed E-state index contributed by atoms with van der Waals surface area (Å²) in [6, 6.07) is -0.463. The summed E-state index contributed by atoms with van der Waals surface area (Å²) >= 11 is 2.99. The maximum atomic E-state index is 12.3. The predicted octanol–water partition coefficient (Wildman–Crippen LogP) is 1.72. The highest BCUT2D eigenvalue weighted by atomic mass is 32.2. The topological polar surface area (TPSA) is 71.5 Å². The molecule has 116 valence electrons. The van der Waals surface area contributed by atoms with Gasteiger partial charge < -0.3 is 15.0 Å². The smallest absolute Gasteiger partial charge is 0.252 e. The molecule has 6 nitrogen and oxygen atoms in total. The van der Waals surface area contributed by atoms with E-state index in [4.69, 9.17) is 4.74 Å². The second kappa shape index (κ2) is 7.24. The molecule has 0 radical (unpaired) electrons. The molecular weight excluding hydrogens is 310 g/mol. The number of nitrogens with one attached hydrogen (secondary N) is 1. The molecule has 0 bridgehead atoms. The monoisotopic (exact) mass is 329 g/mol. The Kier molecular flexibility index (Phi) is 5.60. The molecule has 1 fully saturated rings. The Morgan fingerprint density at radius 2 is 2.38 bits per heavy atom. The Bertz CT molecular complexity index is 521. The van der Waals surface area contributed by atoms with Crippen LogP contribution in [0.15, 0.2) is 6.20 Å². The number of aryl methyl sites for hydroxylation is 1. The Balaban J connectivity index is 2.00. The third-order valence-corrected chi connectivity index (χ3v) is 4.92. The zero-order valence-corrected chi connectivity index (χ0v) is 13.9. The summed E-state index contributed by atoms with van der Waals surface area (Å²) < 4.78 is 5.32. The molecule has 0 aliphatic carbocycles. The highest BCUT2D eigenvalue weighted by Crippen LogP contribution is 2.24. The van der Waals surface area contributed by atoms with E-state index in [0.717, 1.165) is 4.88 Å². The van der Waals surface area contributed by atoms with Gasteiger partial charge in [0.15, 0.2) is 5.13 Å². The van der Waals surface area contributed by atoms with Gasteiger partial charge in [0.05, 0.1) is 5.88 Å². The van der Waals surface area contributed by atoms with Crippen molar-refractivity contribution < 1.29 is 14.3 Å². The van der Waals surface area contributed by atoms with Gasteiger partial charge in [-0.25, -0.2) is 4.98 Å². The van der Waals surface area contributed by atoms with Crippen molar-refractivity contribution in [2.45, 2.75) is 32.9 Å². The quantitative estimate of drug-likeness (QED) is 0.890. The summed E-state index contributed by atoms with van der Waals surface area (Å²) in [7, 11) is 0. The van der Waals surface area contributed by atoms with Crippen molar-refractivity contribution in [1.82, 2.24) is 9.88 Å². The molecule has 21 heavy (non-hydrogen) atoms. The van der Waals surface area contributed by atoms with Crippen LogP contribution in [0.2, 0.25) is 0 Å². The van der Waals surface area contributed by atoms with Gasteiger partial charge in [-0.1, -0.05) is 0 Å². The molecule has 0 spiro atoms. The fraction of sp³-hybridized carbons (Fsp3) is 0.615. The van der Waals surface area contributed by atoms with Crippen LogP contribution in [-0.4, -0.2) is 52.1 Å². The highest BCUT2D eigenvalue weighted by molar-refractivity contribution is 7.99. The molecule has 1 aliphatic rings. The summed E-state index contributed by atoms with van der Waals surface area (Å²) in [5, 5.41) is 3.35. The van der Waals surface area contributed by atoms with E-state index in [2.05, 4.69) is 10.3 Å². The molecule has 2 rings (SSSR count). The highest BCUT2D eigenvalue weighted by Gasteiger charge is 2.36. The number of carbonyl (C=O) groups excluding carboxylic acids is 2. The molecule has 2 heterocycles. The van der Waals surface area contributed by atoms with E-state index in [1.54, 1.807) is 29.8 Å². The summed E-state index contributed by atoms with van der Waals surface area (Å²) in [5.74, 6) is 0.787. The zero-order chi connectivity index (χ0) is 15.4. The van der Waals surface area contributed by atoms with Crippen LogP contribution in [0.1, 0.15) is 18.7 Å². The van der Waals surface area contributed by atoms with Crippen molar-refractivity contribution in [1.29, 1.82) is 0 Å². The maximum Gasteiger partial charge on any atom is 0.252 e. The third kappa shape index (κ3) is 3.96. The number of rotatable bonds is 5. The Morgan fingerprint density at radius 1 is 1.62 bits per heavy atom. The van der Waals surface area contributed by atoms with Crippen LogP contribution < -0.4 is 5.32 Å². The standard InChI is InChI=1S/C13H19N3O3S2/c1-4-19-9(3)12(18)16-7-20-6-10(16)11(17)15-13-14-5-8(2)21-13/h5,9-10H,4,6-7H2,1-3H3,(H,14,15,17)/t9-,10-/m0/s1. The van der Waals surface area contributed by atoms with Crippen LogP contribution in [0.5, 0.6) is 0 Å². The predicted molar refractivity (Wildman–Crippen MR) is 84.5 cm³/mol. The SMILES string of the molecule is CCO[C@@H](C)C(=O)N1CSC[C@H]1C(=O)Nc1ncc(C)s1. The largest absolute Gasteiger partial charge is 0.369 e. The summed E-state index contributed by atoms with van der Waals surface area (Å²) in [6.45, 7) is 5.97. The fourth-order valence-corrected chi connectivity index (χ4v) is 3.86. The molecule has 8 heteroatoms. The maximum absolute atomic E-state index is 12.3. The first-order valence-corrected chi connectivity index (χ1v) is 8.73. The zero-order valence-electron chi connectivity index (χ0n) is 12.3. The van der Waals surface area contributed by atoms with Gasteiger partial charge in [-0.2, -0.15) is 0 Å². The Morgan fingerprint density at radius 3 is 3.00 bits per heavy atom. The van der Waals surface area contributed by atoms with Gasteiger partial charge in [-0.3, -0.25) is 9.59 Å². The molecule has 1 N–H and O–H groups in total. The minimum Gasteiger partial charge on any atom is -0.369 e. The van der Waals surface area contributed by atoms with Crippen molar-refractivity contribution in [3.8, 4) is 0 Å². The lowest BCUT2D eigenvalue weighted by Crippen LogP contribution is -2.48. The van der Waals surface area contributed by atoms with E-state index in [1.807, 2.05) is 13.8 Å². The first-order chi connectivity index (χ1) is 10.0. The van der Waals surface area contributed by atoms with Crippen molar-refractivity contribution in [2.75, 3.05) is 23.6 Å². The number of anilines is 1. The van der Waals surface area contributed by atoms with Gasteiger partial charge in [0.25, 0.3) is 5.91 Å². The van der Waals surface area contributed by atoms with Crippen molar-refractivity contribution in [3.05, 3.63) is 11.1 Å². The van der Waals surface area contributed by atoms with Crippen LogP contribution in [0.25, 0.3) is 0 Å². The fourth-order valence-electron chi connectivity index (χ4n) is 2.03. The number of thiazole rings is 1. The molecule has 0 saturated carbocycles. The number of hydrogen-bond acceptors (Lipinski definition) is 6. The van der Waals surface area contributed by atoms with Crippen LogP contribution in [-0.2, 0) is 14.3 Å². The number of carbonyl (C=O) groups is 2. The van der Waals surface area contributed by atoms with E-state index in [-0.39, 0.29) is 11.8 Å². The minimum atomic E-state index is -0.522. The number of aromatic nitrogens is 1. The third-order valence-electron chi connectivity index (χ3n) is 3.08. The van der Waals surface area contributed by atoms with E-state index in [9.17, 15) is 9.59 Å². The Labute approximate surface area is 132 Å². The molecular formula is C13H19N3O3S2. The van der Waals surface area contributed by atoms with Crippen LogP contribution >= 0.6 is 23.1 Å². The van der Waals surface area contributed by atoms with Crippen LogP contribution in [0.4, 0.5) is 5.13 Å². The average molecular weight is 329 g/mol. The summed E-state index contributed by atoms with van der Waals surface area (Å²) in [5.41, 5.74) is 0. The van der Waals surface area contributed by atoms with Crippen LogP contribution in [0.3, 0.4) is 0 Å². The molecule has 0 unspecified atom stereocenters. The van der Waals surface area contributed by atoms with E-state index in [0.29, 0.717) is 23.4 Å². The van der Waals surface area contributed by atoms with Crippen molar-refractivity contribution in [2.24, 2.45) is 0 Å². The number of thioether (sulfide) groups is 1. The van der Waals surface area contributed by atoms with E-state index < -0.39 is 12.1 Å². The molecule has 1 aromatic rings. The molecule has 1 aromatic heterocycles. The normalized spacial score (nSPS) is 19.6. The second-order valence-corrected chi connectivity index (χ2v) is 6.92. The number of amides is 2. The number of hydrogen-bond donors (Lipinski definition) is 1. The lowest BCUT2D eigenvalue weighted by atomic mass is 10.2. The van der Waals surface area contributed by atoms with Crippen molar-refractivity contribution >= 4 is 40.0 Å². The van der Waals surface area contributed by atoms with Gasteiger partial charge in [0.2, 0.25) is 5.91 Å². The van der Waals surface area contributed by atoms with E-state index in [1.165, 1.54) is 11.3 Å².